The first-order valence-electron chi connectivity index (χ1n) is 10.2. The molecule has 1 saturated heterocycles. The van der Waals surface area contributed by atoms with Crippen molar-refractivity contribution < 1.29 is 14.3 Å². The molecule has 0 radical (unpaired) electrons. The minimum atomic E-state index is 0. The monoisotopic (exact) mass is 496 g/mol. The third-order valence-corrected chi connectivity index (χ3v) is 4.69. The van der Waals surface area contributed by atoms with Crippen LogP contribution in [0.1, 0.15) is 51.9 Å². The Labute approximate surface area is 181 Å². The first-order chi connectivity index (χ1) is 12.7. The van der Waals surface area contributed by atoms with Crippen molar-refractivity contribution in [3.8, 4) is 0 Å². The van der Waals surface area contributed by atoms with Crippen LogP contribution in [0.3, 0.4) is 0 Å². The molecule has 0 bridgehead atoms. The normalized spacial score (nSPS) is 18.1. The van der Waals surface area contributed by atoms with Gasteiger partial charge in [-0.2, -0.15) is 0 Å². The average Bonchev–Trinajstić information content (AvgIpc) is 3.46. The molecule has 27 heavy (non-hydrogen) atoms. The van der Waals surface area contributed by atoms with Gasteiger partial charge in [0, 0.05) is 59.0 Å². The quantitative estimate of drug-likeness (QED) is 0.199. The van der Waals surface area contributed by atoms with Gasteiger partial charge in [0.15, 0.2) is 5.96 Å². The fourth-order valence-corrected chi connectivity index (χ4v) is 3.07. The van der Waals surface area contributed by atoms with Crippen molar-refractivity contribution in [3.05, 3.63) is 0 Å². The van der Waals surface area contributed by atoms with Crippen LogP contribution in [0.5, 0.6) is 0 Å². The summed E-state index contributed by atoms with van der Waals surface area (Å²) in [6, 6.07) is 0.446. The SMILES string of the molecule is CCNC(=NCCCC(=O)NC1CC1)N1CCC(OCCCOC)CC1.I. The number of hydrogen-bond acceptors (Lipinski definition) is 4. The van der Waals surface area contributed by atoms with Gasteiger partial charge in [0.25, 0.3) is 0 Å². The molecule has 2 fully saturated rings. The number of likely N-dealkylation sites (tertiary alicyclic amines) is 1. The fourth-order valence-electron chi connectivity index (χ4n) is 3.07. The molecule has 0 aromatic heterocycles. The molecule has 0 aromatic rings. The summed E-state index contributed by atoms with van der Waals surface area (Å²) in [5.41, 5.74) is 0. The van der Waals surface area contributed by atoms with Crippen molar-refractivity contribution in [3.63, 3.8) is 0 Å². The Bertz CT molecular complexity index is 439. The number of halogens is 1. The van der Waals surface area contributed by atoms with Crippen LogP contribution in [0.4, 0.5) is 0 Å². The second-order valence-corrected chi connectivity index (χ2v) is 7.08. The smallest absolute Gasteiger partial charge is 0.220 e. The zero-order chi connectivity index (χ0) is 18.6. The number of nitrogens with zero attached hydrogens (tertiary/aromatic N) is 2. The fraction of sp³-hybridized carbons (Fsp3) is 0.895. The zero-order valence-electron chi connectivity index (χ0n) is 16.9. The molecule has 8 heteroatoms. The summed E-state index contributed by atoms with van der Waals surface area (Å²) in [6.45, 7) is 7.09. The van der Waals surface area contributed by atoms with Crippen LogP contribution in [-0.4, -0.2) is 75.4 Å². The Kier molecular flexibility index (Phi) is 13.0. The summed E-state index contributed by atoms with van der Waals surface area (Å²) in [5.74, 6) is 1.13. The van der Waals surface area contributed by atoms with Crippen LogP contribution in [0.15, 0.2) is 4.99 Å². The summed E-state index contributed by atoms with van der Waals surface area (Å²) in [4.78, 5) is 18.7. The Hall–Kier alpha value is -0.610. The van der Waals surface area contributed by atoms with Crippen LogP contribution in [0.2, 0.25) is 0 Å². The van der Waals surface area contributed by atoms with Crippen LogP contribution in [-0.2, 0) is 14.3 Å². The van der Waals surface area contributed by atoms with E-state index in [4.69, 9.17) is 14.5 Å². The summed E-state index contributed by atoms with van der Waals surface area (Å²) >= 11 is 0. The minimum absolute atomic E-state index is 0. The number of carbonyl (C=O) groups excluding carboxylic acids is 1. The van der Waals surface area contributed by atoms with Crippen LogP contribution >= 0.6 is 24.0 Å². The number of ether oxygens (including phenoxy) is 2. The first kappa shape index (κ1) is 24.4. The highest BCUT2D eigenvalue weighted by Gasteiger charge is 2.23. The van der Waals surface area contributed by atoms with Gasteiger partial charge >= 0.3 is 0 Å². The zero-order valence-corrected chi connectivity index (χ0v) is 19.2. The topological polar surface area (TPSA) is 75.2 Å². The lowest BCUT2D eigenvalue weighted by atomic mass is 10.1. The second kappa shape index (κ2) is 14.4. The van der Waals surface area contributed by atoms with Gasteiger partial charge in [0.1, 0.15) is 0 Å². The largest absolute Gasteiger partial charge is 0.385 e. The second-order valence-electron chi connectivity index (χ2n) is 7.08. The van der Waals surface area contributed by atoms with Gasteiger partial charge in [-0.05, 0) is 45.4 Å². The molecular weight excluding hydrogens is 459 g/mol. The van der Waals surface area contributed by atoms with Gasteiger partial charge in [-0.25, -0.2) is 0 Å². The van der Waals surface area contributed by atoms with E-state index in [1.165, 1.54) is 0 Å². The minimum Gasteiger partial charge on any atom is -0.385 e. The van der Waals surface area contributed by atoms with E-state index in [1.54, 1.807) is 7.11 Å². The molecule has 158 valence electrons. The molecule has 0 unspecified atom stereocenters. The molecule has 0 atom stereocenters. The number of nitrogens with one attached hydrogen (secondary N) is 2. The van der Waals surface area contributed by atoms with Gasteiger partial charge in [-0.3, -0.25) is 9.79 Å². The molecule has 1 heterocycles. The number of carbonyl (C=O) groups is 1. The van der Waals surface area contributed by atoms with Gasteiger partial charge in [-0.15, -0.1) is 24.0 Å². The predicted molar refractivity (Wildman–Crippen MR) is 119 cm³/mol. The summed E-state index contributed by atoms with van der Waals surface area (Å²) < 4.78 is 11.0. The van der Waals surface area contributed by atoms with Crippen LogP contribution < -0.4 is 10.6 Å². The molecule has 2 rings (SSSR count). The van der Waals surface area contributed by atoms with Crippen LogP contribution in [0, 0.1) is 0 Å². The van der Waals surface area contributed by atoms with E-state index in [1.807, 2.05) is 0 Å². The first-order valence-corrected chi connectivity index (χ1v) is 10.2. The van der Waals surface area contributed by atoms with Crippen LogP contribution in [0.25, 0.3) is 0 Å². The van der Waals surface area contributed by atoms with Crippen molar-refractivity contribution in [2.24, 2.45) is 4.99 Å². The maximum atomic E-state index is 11.7. The molecule has 1 aliphatic carbocycles. The van der Waals surface area contributed by atoms with Gasteiger partial charge in [0.2, 0.25) is 5.91 Å². The van der Waals surface area contributed by atoms with E-state index < -0.39 is 0 Å². The Morgan fingerprint density at radius 1 is 1.15 bits per heavy atom. The lowest BCUT2D eigenvalue weighted by Crippen LogP contribution is -2.47. The molecule has 1 aliphatic heterocycles. The number of hydrogen-bond donors (Lipinski definition) is 2. The molecule has 1 saturated carbocycles. The van der Waals surface area contributed by atoms with E-state index in [-0.39, 0.29) is 29.9 Å². The third-order valence-electron chi connectivity index (χ3n) is 4.69. The van der Waals surface area contributed by atoms with E-state index >= 15 is 0 Å². The summed E-state index contributed by atoms with van der Waals surface area (Å²) in [7, 11) is 1.72. The molecule has 2 N–H and O–H groups in total. The van der Waals surface area contributed by atoms with Crippen molar-refractivity contribution in [2.75, 3.05) is 46.5 Å². The van der Waals surface area contributed by atoms with Crippen molar-refractivity contribution in [2.45, 2.75) is 64.0 Å². The predicted octanol–water partition coefficient (Wildman–Crippen LogP) is 2.15. The number of piperidine rings is 1. The average molecular weight is 496 g/mol. The molecule has 0 spiro atoms. The molecule has 2 aliphatic rings. The van der Waals surface area contributed by atoms with Gasteiger partial charge in [-0.1, -0.05) is 0 Å². The highest BCUT2D eigenvalue weighted by Crippen LogP contribution is 2.18. The lowest BCUT2D eigenvalue weighted by Gasteiger charge is -2.34. The van der Waals surface area contributed by atoms with Crippen molar-refractivity contribution in [1.82, 2.24) is 15.5 Å². The molecule has 0 aromatic carbocycles. The maximum absolute atomic E-state index is 11.7. The summed E-state index contributed by atoms with van der Waals surface area (Å²) in [6.07, 6.45) is 7.00. The van der Waals surface area contributed by atoms with E-state index in [2.05, 4.69) is 22.5 Å². The Morgan fingerprint density at radius 2 is 1.89 bits per heavy atom. The van der Waals surface area contributed by atoms with Gasteiger partial charge in [0.05, 0.1) is 6.10 Å². The molecule has 7 nitrogen and oxygen atoms in total. The van der Waals surface area contributed by atoms with Gasteiger partial charge < -0.3 is 25.0 Å². The third kappa shape index (κ3) is 10.5. The van der Waals surface area contributed by atoms with E-state index in [0.29, 0.717) is 25.1 Å². The highest BCUT2D eigenvalue weighted by atomic mass is 127. The maximum Gasteiger partial charge on any atom is 0.220 e. The summed E-state index contributed by atoms with van der Waals surface area (Å²) in [5, 5.41) is 6.40. The number of amides is 1. The standard InChI is InChI=1S/C19H36N4O3.HI/c1-3-20-19(21-11-4-6-18(24)22-16-7-8-16)23-12-9-17(10-13-23)26-15-5-14-25-2;/h16-17H,3-15H2,1-2H3,(H,20,21)(H,22,24);1H. The molecular formula is C19H37IN4O3. The Balaban J connectivity index is 0.00000364. The number of aliphatic imine (C=N–C) groups is 1. The van der Waals surface area contributed by atoms with Crippen molar-refractivity contribution >= 4 is 35.8 Å². The number of rotatable bonds is 11. The van der Waals surface area contributed by atoms with E-state index in [9.17, 15) is 4.79 Å². The lowest BCUT2D eigenvalue weighted by molar-refractivity contribution is -0.121. The molecule has 1 amide bonds. The van der Waals surface area contributed by atoms with E-state index in [0.717, 1.165) is 77.3 Å². The number of guanidine groups is 1. The number of methoxy groups -OCH3 is 1. The Morgan fingerprint density at radius 3 is 2.52 bits per heavy atom. The van der Waals surface area contributed by atoms with Crippen molar-refractivity contribution in [1.29, 1.82) is 0 Å². The highest BCUT2D eigenvalue weighted by molar-refractivity contribution is 14.0.